The SMILES string of the molecule is CCc1nc(C(CC)(CC)c2ccccc2)[nH]c(=O)c1C. The van der Waals surface area contributed by atoms with E-state index in [2.05, 4.69) is 31.0 Å². The van der Waals surface area contributed by atoms with Gasteiger partial charge in [0.1, 0.15) is 5.82 Å². The molecule has 0 aliphatic heterocycles. The van der Waals surface area contributed by atoms with Crippen molar-refractivity contribution in [2.24, 2.45) is 0 Å². The van der Waals surface area contributed by atoms with Crippen molar-refractivity contribution in [1.29, 1.82) is 0 Å². The first-order valence-electron chi connectivity index (χ1n) is 7.74. The van der Waals surface area contributed by atoms with Crippen molar-refractivity contribution in [3.63, 3.8) is 0 Å². The van der Waals surface area contributed by atoms with Gasteiger partial charge in [0, 0.05) is 5.56 Å². The van der Waals surface area contributed by atoms with Crippen LogP contribution in [-0.2, 0) is 11.8 Å². The minimum atomic E-state index is -0.224. The molecule has 1 heterocycles. The zero-order valence-electron chi connectivity index (χ0n) is 13.4. The molecule has 0 saturated heterocycles. The van der Waals surface area contributed by atoms with Crippen molar-refractivity contribution in [2.75, 3.05) is 0 Å². The van der Waals surface area contributed by atoms with Crippen LogP contribution >= 0.6 is 0 Å². The zero-order valence-corrected chi connectivity index (χ0v) is 13.4. The van der Waals surface area contributed by atoms with E-state index in [0.717, 1.165) is 36.3 Å². The van der Waals surface area contributed by atoms with Crippen LogP contribution in [0.15, 0.2) is 35.1 Å². The molecule has 0 fully saturated rings. The maximum absolute atomic E-state index is 12.2. The summed E-state index contributed by atoms with van der Waals surface area (Å²) in [6, 6.07) is 10.4. The number of nitrogens with zero attached hydrogens (tertiary/aromatic N) is 1. The van der Waals surface area contributed by atoms with Crippen LogP contribution in [0.3, 0.4) is 0 Å². The second-order valence-corrected chi connectivity index (χ2v) is 5.50. The molecule has 3 heteroatoms. The highest BCUT2D eigenvalue weighted by Gasteiger charge is 2.33. The molecule has 0 spiro atoms. The molecule has 0 atom stereocenters. The van der Waals surface area contributed by atoms with Gasteiger partial charge in [0.2, 0.25) is 0 Å². The molecule has 1 aromatic heterocycles. The Morgan fingerprint density at radius 3 is 2.24 bits per heavy atom. The van der Waals surface area contributed by atoms with Gasteiger partial charge in [-0.15, -0.1) is 0 Å². The summed E-state index contributed by atoms with van der Waals surface area (Å²) in [5.41, 5.74) is 2.60. The number of aromatic nitrogens is 2. The molecule has 3 nitrogen and oxygen atoms in total. The first-order valence-corrected chi connectivity index (χ1v) is 7.74. The van der Waals surface area contributed by atoms with E-state index in [1.54, 1.807) is 0 Å². The Kier molecular flexibility index (Phi) is 4.61. The lowest BCUT2D eigenvalue weighted by molar-refractivity contribution is 0.445. The summed E-state index contributed by atoms with van der Waals surface area (Å²) in [7, 11) is 0. The van der Waals surface area contributed by atoms with E-state index < -0.39 is 0 Å². The van der Waals surface area contributed by atoms with E-state index in [1.807, 2.05) is 32.0 Å². The normalized spacial score (nSPS) is 11.6. The van der Waals surface area contributed by atoms with Crippen molar-refractivity contribution >= 4 is 0 Å². The third kappa shape index (κ3) is 2.65. The van der Waals surface area contributed by atoms with Crippen molar-refractivity contribution in [1.82, 2.24) is 9.97 Å². The molecule has 0 bridgehead atoms. The van der Waals surface area contributed by atoms with Crippen molar-refractivity contribution in [2.45, 2.75) is 52.4 Å². The minimum Gasteiger partial charge on any atom is -0.310 e. The Morgan fingerprint density at radius 1 is 1.10 bits per heavy atom. The van der Waals surface area contributed by atoms with Crippen LogP contribution < -0.4 is 5.56 Å². The van der Waals surface area contributed by atoms with Crippen LogP contribution in [0.4, 0.5) is 0 Å². The van der Waals surface area contributed by atoms with E-state index in [-0.39, 0.29) is 11.0 Å². The predicted molar refractivity (Wildman–Crippen MR) is 86.8 cm³/mol. The lowest BCUT2D eigenvalue weighted by atomic mass is 9.75. The van der Waals surface area contributed by atoms with Crippen LogP contribution in [0.2, 0.25) is 0 Å². The molecule has 21 heavy (non-hydrogen) atoms. The molecule has 112 valence electrons. The molecule has 0 radical (unpaired) electrons. The molecule has 1 N–H and O–H groups in total. The highest BCUT2D eigenvalue weighted by atomic mass is 16.1. The Hall–Kier alpha value is -1.90. The number of H-pyrrole nitrogens is 1. The Balaban J connectivity index is 2.69. The van der Waals surface area contributed by atoms with Gasteiger partial charge in [0.15, 0.2) is 0 Å². The van der Waals surface area contributed by atoms with Crippen molar-refractivity contribution in [3.8, 4) is 0 Å². The largest absolute Gasteiger partial charge is 0.310 e. The van der Waals surface area contributed by atoms with Gasteiger partial charge in [-0.3, -0.25) is 4.79 Å². The topological polar surface area (TPSA) is 45.8 Å². The van der Waals surface area contributed by atoms with Crippen LogP contribution in [0.5, 0.6) is 0 Å². The Morgan fingerprint density at radius 2 is 1.71 bits per heavy atom. The summed E-state index contributed by atoms with van der Waals surface area (Å²) >= 11 is 0. The summed E-state index contributed by atoms with van der Waals surface area (Å²) in [4.78, 5) is 20.0. The molecule has 0 amide bonds. The van der Waals surface area contributed by atoms with Gasteiger partial charge in [-0.1, -0.05) is 51.1 Å². The monoisotopic (exact) mass is 284 g/mol. The number of hydrogen-bond donors (Lipinski definition) is 1. The van der Waals surface area contributed by atoms with E-state index >= 15 is 0 Å². The van der Waals surface area contributed by atoms with Crippen LogP contribution in [0.1, 0.15) is 56.3 Å². The summed E-state index contributed by atoms with van der Waals surface area (Å²) in [6.07, 6.45) is 2.59. The number of rotatable bonds is 5. The average Bonchev–Trinajstić information content (AvgIpc) is 2.53. The molecule has 0 saturated carbocycles. The third-order valence-electron chi connectivity index (χ3n) is 4.57. The summed E-state index contributed by atoms with van der Waals surface area (Å²) in [5.74, 6) is 0.797. The Bertz CT molecular complexity index is 655. The second-order valence-electron chi connectivity index (χ2n) is 5.50. The van der Waals surface area contributed by atoms with E-state index in [1.165, 1.54) is 5.56 Å². The smallest absolute Gasteiger partial charge is 0.254 e. The van der Waals surface area contributed by atoms with Gasteiger partial charge in [0.25, 0.3) is 5.56 Å². The first-order chi connectivity index (χ1) is 10.1. The Labute approximate surface area is 126 Å². The van der Waals surface area contributed by atoms with Crippen molar-refractivity contribution < 1.29 is 0 Å². The fraction of sp³-hybridized carbons (Fsp3) is 0.444. The maximum atomic E-state index is 12.2. The number of hydrogen-bond acceptors (Lipinski definition) is 2. The van der Waals surface area contributed by atoms with E-state index in [9.17, 15) is 4.79 Å². The third-order valence-corrected chi connectivity index (χ3v) is 4.57. The molecular weight excluding hydrogens is 260 g/mol. The number of aryl methyl sites for hydroxylation is 1. The lowest BCUT2D eigenvalue weighted by Crippen LogP contribution is -2.32. The van der Waals surface area contributed by atoms with Gasteiger partial charge in [-0.25, -0.2) is 4.98 Å². The molecular formula is C18H24N2O. The zero-order chi connectivity index (χ0) is 15.5. The van der Waals surface area contributed by atoms with Gasteiger partial charge in [0.05, 0.1) is 11.1 Å². The quantitative estimate of drug-likeness (QED) is 0.909. The molecule has 2 rings (SSSR count). The number of benzene rings is 1. The summed E-state index contributed by atoms with van der Waals surface area (Å²) in [6.45, 7) is 8.20. The van der Waals surface area contributed by atoms with E-state index in [4.69, 9.17) is 4.98 Å². The van der Waals surface area contributed by atoms with Crippen molar-refractivity contribution in [3.05, 3.63) is 63.3 Å². The second kappa shape index (κ2) is 6.25. The van der Waals surface area contributed by atoms with Gasteiger partial charge >= 0.3 is 0 Å². The summed E-state index contributed by atoms with van der Waals surface area (Å²) in [5, 5.41) is 0. The minimum absolute atomic E-state index is 0.0148. The first kappa shape index (κ1) is 15.5. The average molecular weight is 284 g/mol. The lowest BCUT2D eigenvalue weighted by Gasteiger charge is -2.31. The molecule has 1 aromatic carbocycles. The van der Waals surface area contributed by atoms with Crippen LogP contribution in [0.25, 0.3) is 0 Å². The number of aromatic amines is 1. The van der Waals surface area contributed by atoms with E-state index in [0.29, 0.717) is 0 Å². The number of nitrogens with one attached hydrogen (secondary N) is 1. The van der Waals surface area contributed by atoms with Crippen LogP contribution in [0, 0.1) is 6.92 Å². The van der Waals surface area contributed by atoms with Gasteiger partial charge in [-0.05, 0) is 31.7 Å². The molecule has 0 aliphatic rings. The van der Waals surface area contributed by atoms with Gasteiger partial charge in [-0.2, -0.15) is 0 Å². The highest BCUT2D eigenvalue weighted by molar-refractivity contribution is 5.33. The fourth-order valence-corrected chi connectivity index (χ4v) is 3.04. The molecule has 0 aliphatic carbocycles. The van der Waals surface area contributed by atoms with Crippen LogP contribution in [-0.4, -0.2) is 9.97 Å². The predicted octanol–water partition coefficient (Wildman–Crippen LogP) is 3.75. The van der Waals surface area contributed by atoms with Gasteiger partial charge < -0.3 is 4.98 Å². The standard InChI is InChI=1S/C18H24N2O/c1-5-15-13(4)16(21)20-17(19-15)18(6-2,7-3)14-11-9-8-10-12-14/h8-12H,5-7H2,1-4H3,(H,19,20,21). The molecule has 0 unspecified atom stereocenters. The maximum Gasteiger partial charge on any atom is 0.254 e. The molecule has 2 aromatic rings. The fourth-order valence-electron chi connectivity index (χ4n) is 3.04. The highest BCUT2D eigenvalue weighted by Crippen LogP contribution is 2.36. The summed E-state index contributed by atoms with van der Waals surface area (Å²) < 4.78 is 0.